The Hall–Kier alpha value is -2.06. The number of benzene rings is 2. The van der Waals surface area contributed by atoms with Crippen LogP contribution in [0.5, 0.6) is 5.75 Å². The molecule has 2 saturated carbocycles. The summed E-state index contributed by atoms with van der Waals surface area (Å²) in [7, 11) is 0. The van der Waals surface area contributed by atoms with E-state index in [1.807, 2.05) is 18.2 Å². The van der Waals surface area contributed by atoms with Gasteiger partial charge in [-0.05, 0) is 84.3 Å². The maximum Gasteiger partial charge on any atom is 0.115 e. The van der Waals surface area contributed by atoms with Gasteiger partial charge in [-0.25, -0.2) is 0 Å². The van der Waals surface area contributed by atoms with Gasteiger partial charge in [0.2, 0.25) is 0 Å². The lowest BCUT2D eigenvalue weighted by Gasteiger charge is -2.49. The van der Waals surface area contributed by atoms with Crippen LogP contribution in [0.25, 0.3) is 6.08 Å². The highest BCUT2D eigenvalue weighted by Gasteiger charge is 2.56. The number of aliphatic hydroxyl groups is 1. The molecule has 5 rings (SSSR count). The summed E-state index contributed by atoms with van der Waals surface area (Å²) < 4.78 is 0. The molecule has 2 aromatic carbocycles. The summed E-state index contributed by atoms with van der Waals surface area (Å²) in [6.45, 7) is 2.32. The number of phenols is 1. The van der Waals surface area contributed by atoms with Gasteiger partial charge in [-0.15, -0.1) is 0 Å². The van der Waals surface area contributed by atoms with Gasteiger partial charge in [-0.2, -0.15) is 0 Å². The zero-order valence-corrected chi connectivity index (χ0v) is 15.9. The van der Waals surface area contributed by atoms with Gasteiger partial charge in [-0.3, -0.25) is 0 Å². The van der Waals surface area contributed by atoms with Gasteiger partial charge in [0.15, 0.2) is 0 Å². The topological polar surface area (TPSA) is 40.5 Å². The molecule has 2 nitrogen and oxygen atoms in total. The van der Waals surface area contributed by atoms with Crippen molar-refractivity contribution in [2.24, 2.45) is 17.3 Å². The van der Waals surface area contributed by atoms with E-state index in [9.17, 15) is 10.2 Å². The van der Waals surface area contributed by atoms with Crippen molar-refractivity contribution < 1.29 is 10.2 Å². The fraction of sp³-hybridized carbons (Fsp3) is 0.440. The first-order chi connectivity index (χ1) is 13.1. The molecule has 2 aromatic rings. The number of hydrogen-bond donors (Lipinski definition) is 2. The van der Waals surface area contributed by atoms with Gasteiger partial charge in [-0.1, -0.05) is 49.4 Å². The largest absolute Gasteiger partial charge is 0.508 e. The van der Waals surface area contributed by atoms with Crippen molar-refractivity contribution >= 4 is 6.08 Å². The summed E-state index contributed by atoms with van der Waals surface area (Å²) in [5.41, 5.74) is 5.18. The average molecular weight is 360 g/mol. The summed E-state index contributed by atoms with van der Waals surface area (Å²) >= 11 is 0. The lowest BCUT2D eigenvalue weighted by Crippen LogP contribution is -2.44. The van der Waals surface area contributed by atoms with E-state index in [2.05, 4.69) is 43.3 Å². The van der Waals surface area contributed by atoms with E-state index in [1.165, 1.54) is 28.7 Å². The monoisotopic (exact) mass is 360 g/mol. The minimum atomic E-state index is -0.329. The number of hydrogen-bond acceptors (Lipinski definition) is 2. The van der Waals surface area contributed by atoms with E-state index in [1.54, 1.807) is 0 Å². The van der Waals surface area contributed by atoms with Crippen LogP contribution >= 0.6 is 0 Å². The molecule has 0 unspecified atom stereocenters. The highest BCUT2D eigenvalue weighted by atomic mass is 16.3. The zero-order chi connectivity index (χ0) is 18.6. The molecule has 0 aliphatic heterocycles. The van der Waals surface area contributed by atoms with Crippen LogP contribution in [0.1, 0.15) is 55.2 Å². The Morgan fingerprint density at radius 1 is 1.07 bits per heavy atom. The molecule has 0 radical (unpaired) electrons. The molecule has 0 bridgehead atoms. The highest BCUT2D eigenvalue weighted by Crippen LogP contribution is 2.62. The quantitative estimate of drug-likeness (QED) is 0.724. The summed E-state index contributed by atoms with van der Waals surface area (Å²) in [5.74, 6) is 2.15. The molecule has 0 saturated heterocycles. The second-order valence-corrected chi connectivity index (χ2v) is 9.08. The van der Waals surface area contributed by atoms with Crippen LogP contribution in [0, 0.1) is 17.3 Å². The van der Waals surface area contributed by atoms with Gasteiger partial charge in [0.1, 0.15) is 5.75 Å². The zero-order valence-electron chi connectivity index (χ0n) is 15.9. The van der Waals surface area contributed by atoms with Gasteiger partial charge in [0.05, 0.1) is 6.10 Å². The van der Waals surface area contributed by atoms with Gasteiger partial charge in [0.25, 0.3) is 0 Å². The SMILES string of the molecule is C[C@]12CC[C@H]3c4ccc(O)cc4CC[C@@H]3[C@@H]1C/C(=C\c1ccccc1)[C@@H]2O. The molecule has 27 heavy (non-hydrogen) atoms. The summed E-state index contributed by atoms with van der Waals surface area (Å²) in [4.78, 5) is 0. The number of aliphatic hydroxyl groups excluding tert-OH is 1. The highest BCUT2D eigenvalue weighted by molar-refractivity contribution is 5.55. The summed E-state index contributed by atoms with van der Waals surface area (Å²) in [6.07, 6.45) is 7.35. The van der Waals surface area contributed by atoms with Crippen molar-refractivity contribution in [2.75, 3.05) is 0 Å². The van der Waals surface area contributed by atoms with E-state index in [4.69, 9.17) is 0 Å². The number of phenolic OH excluding ortho intramolecular Hbond substituents is 1. The molecule has 140 valence electrons. The fourth-order valence-electron chi connectivity index (χ4n) is 6.33. The molecular weight excluding hydrogens is 332 g/mol. The lowest BCUT2D eigenvalue weighted by molar-refractivity contribution is -0.0158. The third kappa shape index (κ3) is 2.65. The molecule has 2 heteroatoms. The van der Waals surface area contributed by atoms with Crippen molar-refractivity contribution in [2.45, 2.75) is 51.0 Å². The molecule has 3 aliphatic rings. The lowest BCUT2D eigenvalue weighted by atomic mass is 9.55. The summed E-state index contributed by atoms with van der Waals surface area (Å²) in [6, 6.07) is 16.4. The predicted molar refractivity (Wildman–Crippen MR) is 109 cm³/mol. The Labute approximate surface area is 161 Å². The van der Waals surface area contributed by atoms with Crippen LogP contribution in [0.2, 0.25) is 0 Å². The number of aryl methyl sites for hydroxylation is 1. The van der Waals surface area contributed by atoms with Crippen LogP contribution in [0.4, 0.5) is 0 Å². The number of rotatable bonds is 1. The number of aromatic hydroxyl groups is 1. The first kappa shape index (κ1) is 17.1. The standard InChI is InChI=1S/C25H28O2/c1-25-12-11-21-20-10-8-19(26)14-17(20)7-9-22(21)23(25)15-18(24(25)27)13-16-5-3-2-4-6-16/h2-6,8,10,13-14,21-24,26-27H,7,9,11-12,15H2,1H3/b18-13+/t21-,22-,23-,24-,25-/m0/s1. The van der Waals surface area contributed by atoms with Crippen molar-refractivity contribution in [3.8, 4) is 5.75 Å². The maximum atomic E-state index is 11.2. The molecule has 3 aliphatic carbocycles. The molecule has 0 amide bonds. The third-order valence-electron chi connectivity index (χ3n) is 7.73. The molecule has 2 fully saturated rings. The smallest absolute Gasteiger partial charge is 0.115 e. The summed E-state index contributed by atoms with van der Waals surface area (Å²) in [5, 5.41) is 21.1. The molecule has 5 atom stereocenters. The van der Waals surface area contributed by atoms with Gasteiger partial charge in [0, 0.05) is 5.41 Å². The van der Waals surface area contributed by atoms with E-state index in [0.29, 0.717) is 23.5 Å². The molecule has 2 N–H and O–H groups in total. The Morgan fingerprint density at radius 2 is 1.89 bits per heavy atom. The third-order valence-corrected chi connectivity index (χ3v) is 7.73. The van der Waals surface area contributed by atoms with E-state index in [-0.39, 0.29) is 11.5 Å². The van der Waals surface area contributed by atoms with E-state index < -0.39 is 0 Å². The molecular formula is C25H28O2. The predicted octanol–water partition coefficient (Wildman–Crippen LogP) is 5.30. The maximum absolute atomic E-state index is 11.2. The average Bonchev–Trinajstić information content (AvgIpc) is 2.93. The van der Waals surface area contributed by atoms with Crippen LogP contribution in [0.15, 0.2) is 54.1 Å². The second-order valence-electron chi connectivity index (χ2n) is 9.08. The van der Waals surface area contributed by atoms with Crippen LogP contribution in [-0.2, 0) is 6.42 Å². The van der Waals surface area contributed by atoms with Crippen molar-refractivity contribution in [1.82, 2.24) is 0 Å². The van der Waals surface area contributed by atoms with E-state index in [0.717, 1.165) is 25.7 Å². The van der Waals surface area contributed by atoms with Crippen LogP contribution < -0.4 is 0 Å². The Morgan fingerprint density at radius 3 is 2.70 bits per heavy atom. The first-order valence-corrected chi connectivity index (χ1v) is 10.3. The Balaban J connectivity index is 1.49. The Kier molecular flexibility index (Phi) is 3.94. The second kappa shape index (κ2) is 6.24. The van der Waals surface area contributed by atoms with Crippen LogP contribution in [0.3, 0.4) is 0 Å². The van der Waals surface area contributed by atoms with Gasteiger partial charge >= 0.3 is 0 Å². The fourth-order valence-corrected chi connectivity index (χ4v) is 6.33. The van der Waals surface area contributed by atoms with Crippen molar-refractivity contribution in [3.05, 3.63) is 70.8 Å². The van der Waals surface area contributed by atoms with E-state index >= 15 is 0 Å². The van der Waals surface area contributed by atoms with Gasteiger partial charge < -0.3 is 10.2 Å². The minimum absolute atomic E-state index is 0.00377. The molecule has 0 spiro atoms. The Bertz CT molecular complexity index is 884. The first-order valence-electron chi connectivity index (χ1n) is 10.3. The molecule has 0 heterocycles. The molecule has 0 aromatic heterocycles. The van der Waals surface area contributed by atoms with Crippen molar-refractivity contribution in [1.29, 1.82) is 0 Å². The normalized spacial score (nSPS) is 36.1. The minimum Gasteiger partial charge on any atom is -0.508 e. The van der Waals surface area contributed by atoms with Crippen molar-refractivity contribution in [3.63, 3.8) is 0 Å². The number of fused-ring (bicyclic) bond motifs is 5. The van der Waals surface area contributed by atoms with Crippen LogP contribution in [-0.4, -0.2) is 16.3 Å².